The minimum atomic E-state index is -0.509. The number of aromatic nitrogens is 2. The van der Waals surface area contributed by atoms with E-state index in [9.17, 15) is 14.4 Å². The first-order valence-electron chi connectivity index (χ1n) is 9.26. The number of nitrogens with zero attached hydrogens (tertiary/aromatic N) is 1. The molecule has 1 saturated carbocycles. The van der Waals surface area contributed by atoms with E-state index in [4.69, 9.17) is 10.5 Å². The van der Waals surface area contributed by atoms with Crippen molar-refractivity contribution < 1.29 is 14.3 Å². The minimum Gasteiger partial charge on any atom is -0.465 e. The highest BCUT2D eigenvalue weighted by Crippen LogP contribution is 2.37. The van der Waals surface area contributed by atoms with Gasteiger partial charge in [0.25, 0.3) is 5.56 Å². The molecule has 0 aliphatic heterocycles. The second kappa shape index (κ2) is 6.99. The lowest BCUT2D eigenvalue weighted by Gasteiger charge is -2.14. The summed E-state index contributed by atoms with van der Waals surface area (Å²) in [5.74, 6) is -1.00. The van der Waals surface area contributed by atoms with Crippen LogP contribution in [0, 0.1) is 0 Å². The molecule has 7 heteroatoms. The van der Waals surface area contributed by atoms with Gasteiger partial charge in [0.15, 0.2) is 0 Å². The van der Waals surface area contributed by atoms with Crippen LogP contribution in [-0.4, -0.2) is 28.5 Å². The number of fused-ring (bicyclic) bond motifs is 1. The smallest absolute Gasteiger partial charge is 0.341 e. The Hall–Kier alpha value is -3.35. The third-order valence-electron chi connectivity index (χ3n) is 5.47. The normalized spacial score (nSPS) is 14.5. The van der Waals surface area contributed by atoms with Gasteiger partial charge >= 0.3 is 5.97 Å². The summed E-state index contributed by atoms with van der Waals surface area (Å²) >= 11 is 0. The zero-order valence-corrected chi connectivity index (χ0v) is 15.5. The van der Waals surface area contributed by atoms with Crippen molar-refractivity contribution in [1.29, 1.82) is 0 Å². The Bertz CT molecular complexity index is 1120. The van der Waals surface area contributed by atoms with E-state index < -0.39 is 11.9 Å². The molecule has 4 rings (SSSR count). The van der Waals surface area contributed by atoms with Crippen molar-refractivity contribution in [3.8, 4) is 11.1 Å². The molecule has 0 unspecified atom stereocenters. The Morgan fingerprint density at radius 3 is 2.46 bits per heavy atom. The molecule has 2 aromatic heterocycles. The van der Waals surface area contributed by atoms with E-state index in [1.165, 1.54) is 13.3 Å². The summed E-state index contributed by atoms with van der Waals surface area (Å²) in [6.07, 6.45) is 7.57. The third kappa shape index (κ3) is 2.89. The van der Waals surface area contributed by atoms with Crippen molar-refractivity contribution in [1.82, 2.24) is 9.55 Å². The van der Waals surface area contributed by atoms with Crippen molar-refractivity contribution in [2.75, 3.05) is 7.11 Å². The fourth-order valence-corrected chi connectivity index (χ4v) is 4.08. The van der Waals surface area contributed by atoms with E-state index in [2.05, 4.69) is 4.98 Å². The summed E-state index contributed by atoms with van der Waals surface area (Å²) in [6, 6.07) is 7.02. The quantitative estimate of drug-likeness (QED) is 0.680. The van der Waals surface area contributed by atoms with Crippen molar-refractivity contribution in [3.63, 3.8) is 0 Å². The Morgan fingerprint density at radius 2 is 1.86 bits per heavy atom. The highest BCUT2D eigenvalue weighted by atomic mass is 16.5. The number of pyridine rings is 1. The molecule has 28 heavy (non-hydrogen) atoms. The number of H-pyrrole nitrogens is 1. The molecule has 0 saturated heterocycles. The molecular weight excluding hydrogens is 358 g/mol. The number of esters is 1. The van der Waals surface area contributed by atoms with Crippen molar-refractivity contribution in [3.05, 3.63) is 58.1 Å². The summed E-state index contributed by atoms with van der Waals surface area (Å²) < 4.78 is 6.98. The van der Waals surface area contributed by atoms with Crippen molar-refractivity contribution >= 4 is 22.8 Å². The molecular formula is C21H21N3O4. The van der Waals surface area contributed by atoms with Crippen LogP contribution in [0.25, 0.3) is 22.0 Å². The number of rotatable bonds is 4. The van der Waals surface area contributed by atoms with Crippen molar-refractivity contribution in [2.45, 2.75) is 31.7 Å². The van der Waals surface area contributed by atoms with E-state index in [0.29, 0.717) is 27.6 Å². The van der Waals surface area contributed by atoms with Crippen LogP contribution in [-0.2, 0) is 4.74 Å². The Balaban J connectivity index is 2.00. The van der Waals surface area contributed by atoms with Crippen LogP contribution in [0.1, 0.15) is 52.4 Å². The van der Waals surface area contributed by atoms with Crippen LogP contribution in [0.15, 0.2) is 41.5 Å². The predicted octanol–water partition coefficient (Wildman–Crippen LogP) is 3.00. The third-order valence-corrected chi connectivity index (χ3v) is 5.47. The molecule has 7 nitrogen and oxygen atoms in total. The van der Waals surface area contributed by atoms with E-state index in [1.807, 2.05) is 10.8 Å². The molecule has 3 aromatic rings. The van der Waals surface area contributed by atoms with Gasteiger partial charge in [-0.05, 0) is 30.5 Å². The van der Waals surface area contributed by atoms with Crippen LogP contribution in [0.5, 0.6) is 0 Å². The molecule has 1 aliphatic rings. The first-order valence-corrected chi connectivity index (χ1v) is 9.26. The Kier molecular flexibility index (Phi) is 4.50. The number of ether oxygens (including phenoxy) is 1. The van der Waals surface area contributed by atoms with Gasteiger partial charge < -0.3 is 20.0 Å². The monoisotopic (exact) mass is 379 g/mol. The summed E-state index contributed by atoms with van der Waals surface area (Å²) in [5.41, 5.74) is 7.87. The van der Waals surface area contributed by atoms with Gasteiger partial charge in [-0.25, -0.2) is 4.79 Å². The summed E-state index contributed by atoms with van der Waals surface area (Å²) in [4.78, 5) is 39.1. The van der Waals surface area contributed by atoms with Crippen LogP contribution in [0.4, 0.5) is 0 Å². The molecule has 3 N–H and O–H groups in total. The molecule has 0 spiro atoms. The fourth-order valence-electron chi connectivity index (χ4n) is 4.08. The lowest BCUT2D eigenvalue weighted by Crippen LogP contribution is -2.14. The maximum absolute atomic E-state index is 12.7. The van der Waals surface area contributed by atoms with Crippen LogP contribution >= 0.6 is 0 Å². The molecule has 0 radical (unpaired) electrons. The number of carbonyl (C=O) groups excluding carboxylic acids is 2. The molecule has 1 aliphatic carbocycles. The zero-order chi connectivity index (χ0) is 19.8. The van der Waals surface area contributed by atoms with E-state index in [1.54, 1.807) is 24.3 Å². The van der Waals surface area contributed by atoms with Crippen LogP contribution in [0.2, 0.25) is 0 Å². The second-order valence-corrected chi connectivity index (χ2v) is 7.08. The standard InChI is InChI=1S/C21H21N3O4/c1-28-21(27)15-10-23-20(26)17-16(12-6-8-13(9-7-12)19(22)25)11-24(18(15)17)14-4-2-3-5-14/h6-11,14H,2-5H2,1H3,(H2,22,25)(H,23,26). The number of aromatic amines is 1. The maximum Gasteiger partial charge on any atom is 0.341 e. The summed E-state index contributed by atoms with van der Waals surface area (Å²) in [7, 11) is 1.32. The Labute approximate surface area is 161 Å². The average molecular weight is 379 g/mol. The lowest BCUT2D eigenvalue weighted by molar-refractivity contribution is 0.0602. The van der Waals surface area contributed by atoms with E-state index in [-0.39, 0.29) is 11.6 Å². The largest absolute Gasteiger partial charge is 0.465 e. The van der Waals surface area contributed by atoms with Gasteiger partial charge in [-0.3, -0.25) is 9.59 Å². The molecule has 144 valence electrons. The number of primary amides is 1. The van der Waals surface area contributed by atoms with Gasteiger partial charge in [0.1, 0.15) is 5.56 Å². The Morgan fingerprint density at radius 1 is 1.18 bits per heavy atom. The molecule has 1 aromatic carbocycles. The van der Waals surface area contributed by atoms with Gasteiger partial charge in [0.05, 0.1) is 18.0 Å². The first kappa shape index (κ1) is 18.0. The SMILES string of the molecule is COC(=O)c1c[nH]c(=O)c2c(-c3ccc(C(N)=O)cc3)cn(C3CCCC3)c12. The number of hydrogen-bond donors (Lipinski definition) is 2. The molecule has 1 fully saturated rings. The molecule has 2 heterocycles. The maximum atomic E-state index is 12.7. The van der Waals surface area contributed by atoms with Crippen molar-refractivity contribution in [2.24, 2.45) is 5.73 Å². The minimum absolute atomic E-state index is 0.228. The lowest BCUT2D eigenvalue weighted by atomic mass is 10.0. The highest BCUT2D eigenvalue weighted by molar-refractivity contribution is 6.07. The van der Waals surface area contributed by atoms with Gasteiger partial charge in [0.2, 0.25) is 5.91 Å². The fraction of sp³-hybridized carbons (Fsp3) is 0.286. The summed E-state index contributed by atoms with van der Waals surface area (Å²) in [6.45, 7) is 0. The van der Waals surface area contributed by atoms with Crippen LogP contribution < -0.4 is 11.3 Å². The van der Waals surface area contributed by atoms with Gasteiger partial charge in [-0.15, -0.1) is 0 Å². The number of benzene rings is 1. The zero-order valence-electron chi connectivity index (χ0n) is 15.5. The number of amides is 1. The van der Waals surface area contributed by atoms with Gasteiger partial charge in [-0.2, -0.15) is 0 Å². The molecule has 0 bridgehead atoms. The number of nitrogens with one attached hydrogen (secondary N) is 1. The second-order valence-electron chi connectivity index (χ2n) is 7.08. The summed E-state index contributed by atoms with van der Waals surface area (Å²) in [5, 5.41) is 0.446. The highest BCUT2D eigenvalue weighted by Gasteiger charge is 2.26. The van der Waals surface area contributed by atoms with E-state index in [0.717, 1.165) is 31.2 Å². The number of hydrogen-bond acceptors (Lipinski definition) is 4. The number of carbonyl (C=O) groups is 2. The number of methoxy groups -OCH3 is 1. The van der Waals surface area contributed by atoms with E-state index >= 15 is 0 Å². The molecule has 1 amide bonds. The first-order chi connectivity index (χ1) is 13.5. The van der Waals surface area contributed by atoms with Gasteiger partial charge in [0, 0.05) is 29.6 Å². The topological polar surface area (TPSA) is 107 Å². The predicted molar refractivity (Wildman–Crippen MR) is 105 cm³/mol. The van der Waals surface area contributed by atoms with Gasteiger partial charge in [-0.1, -0.05) is 25.0 Å². The average Bonchev–Trinajstić information content (AvgIpc) is 3.36. The number of nitrogens with two attached hydrogens (primary N) is 1. The molecule has 0 atom stereocenters. The van der Waals surface area contributed by atoms with Crippen LogP contribution in [0.3, 0.4) is 0 Å².